The van der Waals surface area contributed by atoms with E-state index in [0.717, 1.165) is 14.9 Å². The summed E-state index contributed by atoms with van der Waals surface area (Å²) >= 11 is 8.02. The van der Waals surface area contributed by atoms with Crippen LogP contribution in [-0.4, -0.2) is 17.0 Å². The number of carboxylic acids is 1. The van der Waals surface area contributed by atoms with Crippen molar-refractivity contribution in [3.8, 4) is 11.5 Å². The predicted octanol–water partition coefficient (Wildman–Crippen LogP) is 5.52. The number of hydrogen-bond acceptors (Lipinski definition) is 3. The van der Waals surface area contributed by atoms with Crippen LogP contribution in [0.2, 0.25) is 5.02 Å². The summed E-state index contributed by atoms with van der Waals surface area (Å²) in [4.78, 5) is 23.8. The molecule has 0 aliphatic heterocycles. The molecular formula is C23H17ClINO4. The predicted molar refractivity (Wildman–Crippen MR) is 125 cm³/mol. The van der Waals surface area contributed by atoms with E-state index in [2.05, 4.69) is 27.9 Å². The number of carbonyl (C=O) groups is 2. The van der Waals surface area contributed by atoms with Gasteiger partial charge in [0.05, 0.1) is 9.99 Å². The molecule has 0 heterocycles. The molecule has 0 aromatic heterocycles. The van der Waals surface area contributed by atoms with Crippen LogP contribution in [-0.2, 0) is 16.0 Å². The molecule has 1 amide bonds. The minimum atomic E-state index is -1.22. The lowest BCUT2D eigenvalue weighted by molar-refractivity contribution is -0.134. The van der Waals surface area contributed by atoms with Gasteiger partial charge in [-0.1, -0.05) is 48.0 Å². The molecule has 7 heteroatoms. The van der Waals surface area contributed by atoms with Crippen molar-refractivity contribution in [3.05, 3.63) is 98.2 Å². The van der Waals surface area contributed by atoms with Crippen molar-refractivity contribution in [2.24, 2.45) is 0 Å². The molecule has 0 radical (unpaired) electrons. The van der Waals surface area contributed by atoms with Crippen LogP contribution < -0.4 is 10.1 Å². The summed E-state index contributed by atoms with van der Waals surface area (Å²) in [5.41, 5.74) is 1.15. The first-order chi connectivity index (χ1) is 14.4. The molecule has 3 aromatic carbocycles. The maximum Gasteiger partial charge on any atom is 0.352 e. The first-order valence-electron chi connectivity index (χ1n) is 8.92. The summed E-state index contributed by atoms with van der Waals surface area (Å²) < 4.78 is 6.81. The Morgan fingerprint density at radius 2 is 1.67 bits per heavy atom. The second-order valence-corrected chi connectivity index (χ2v) is 7.91. The van der Waals surface area contributed by atoms with Gasteiger partial charge in [0.25, 0.3) is 0 Å². The first-order valence-corrected chi connectivity index (χ1v) is 10.4. The van der Waals surface area contributed by atoms with Crippen molar-refractivity contribution in [2.75, 3.05) is 0 Å². The number of carboxylic acid groups (broad SMARTS) is 1. The second kappa shape index (κ2) is 10.3. The zero-order chi connectivity index (χ0) is 21.5. The van der Waals surface area contributed by atoms with Crippen molar-refractivity contribution >= 4 is 52.1 Å². The quantitative estimate of drug-likeness (QED) is 0.310. The summed E-state index contributed by atoms with van der Waals surface area (Å²) in [6.07, 6.45) is 1.45. The van der Waals surface area contributed by atoms with Gasteiger partial charge in [0, 0.05) is 5.02 Å². The van der Waals surface area contributed by atoms with E-state index < -0.39 is 11.9 Å². The number of aliphatic carboxylic acids is 1. The van der Waals surface area contributed by atoms with Crippen molar-refractivity contribution < 1.29 is 19.4 Å². The number of ether oxygens (including phenoxy) is 1. The number of nitrogens with one attached hydrogen (secondary N) is 1. The maximum absolute atomic E-state index is 12.2. The molecule has 0 atom stereocenters. The minimum Gasteiger partial charge on any atom is -0.477 e. The molecule has 0 saturated heterocycles. The number of amides is 1. The fraction of sp³-hybridized carbons (Fsp3) is 0.0435. The van der Waals surface area contributed by atoms with Crippen molar-refractivity contribution in [2.45, 2.75) is 6.42 Å². The van der Waals surface area contributed by atoms with E-state index in [4.69, 9.17) is 16.3 Å². The molecule has 30 heavy (non-hydrogen) atoms. The fourth-order valence-corrected chi connectivity index (χ4v) is 3.21. The van der Waals surface area contributed by atoms with Crippen molar-refractivity contribution in [3.63, 3.8) is 0 Å². The Labute approximate surface area is 192 Å². The molecule has 0 unspecified atom stereocenters. The lowest BCUT2D eigenvalue weighted by Gasteiger charge is -2.09. The summed E-state index contributed by atoms with van der Waals surface area (Å²) in [7, 11) is 0. The second-order valence-electron chi connectivity index (χ2n) is 6.32. The molecule has 0 fully saturated rings. The molecule has 3 rings (SSSR count). The van der Waals surface area contributed by atoms with Gasteiger partial charge in [0.2, 0.25) is 5.91 Å². The molecular weight excluding hydrogens is 517 g/mol. The van der Waals surface area contributed by atoms with Crippen LogP contribution in [0, 0.1) is 3.57 Å². The highest BCUT2D eigenvalue weighted by atomic mass is 127. The van der Waals surface area contributed by atoms with Gasteiger partial charge in [0.1, 0.15) is 17.2 Å². The fourth-order valence-electron chi connectivity index (χ4n) is 2.59. The average molecular weight is 534 g/mol. The van der Waals surface area contributed by atoms with E-state index >= 15 is 0 Å². The third-order valence-electron chi connectivity index (χ3n) is 4.04. The topological polar surface area (TPSA) is 75.6 Å². The Morgan fingerprint density at radius 3 is 2.30 bits per heavy atom. The van der Waals surface area contributed by atoms with Gasteiger partial charge >= 0.3 is 5.97 Å². The highest BCUT2D eigenvalue weighted by molar-refractivity contribution is 14.1. The molecule has 3 aromatic rings. The summed E-state index contributed by atoms with van der Waals surface area (Å²) in [5.74, 6) is -0.287. The monoisotopic (exact) mass is 533 g/mol. The normalized spacial score (nSPS) is 11.1. The van der Waals surface area contributed by atoms with E-state index in [1.54, 1.807) is 48.5 Å². The Kier molecular flexibility index (Phi) is 7.48. The highest BCUT2D eigenvalue weighted by Crippen LogP contribution is 2.26. The van der Waals surface area contributed by atoms with Crippen LogP contribution in [0.1, 0.15) is 11.1 Å². The maximum atomic E-state index is 12.2. The molecule has 2 N–H and O–H groups in total. The van der Waals surface area contributed by atoms with E-state index in [1.807, 2.05) is 24.3 Å². The Bertz CT molecular complexity index is 1080. The van der Waals surface area contributed by atoms with Crippen LogP contribution in [0.15, 0.2) is 78.5 Å². The smallest absolute Gasteiger partial charge is 0.352 e. The van der Waals surface area contributed by atoms with E-state index in [1.165, 1.54) is 6.08 Å². The molecule has 0 aliphatic rings. The Balaban J connectivity index is 1.68. The highest BCUT2D eigenvalue weighted by Gasteiger charge is 2.12. The van der Waals surface area contributed by atoms with Gasteiger partial charge in [-0.15, -0.1) is 0 Å². The molecule has 0 aliphatic carbocycles. The summed E-state index contributed by atoms with van der Waals surface area (Å²) in [6, 6.07) is 21.4. The third-order valence-corrected chi connectivity index (χ3v) is 5.18. The lowest BCUT2D eigenvalue weighted by Crippen LogP contribution is -2.28. The molecule has 152 valence electrons. The van der Waals surface area contributed by atoms with Crippen LogP contribution in [0.5, 0.6) is 11.5 Å². The standard InChI is InChI=1S/C23H17ClINO4/c24-17-9-5-16(6-10-17)14-22(27)26-20(23(28)29)13-15-7-11-18(12-8-15)30-21-4-2-1-3-19(21)25/h1-13H,14H2,(H,26,27)(H,28,29)/b20-13+. The molecule has 0 bridgehead atoms. The van der Waals surface area contributed by atoms with Gasteiger partial charge in [-0.05, 0) is 76.2 Å². The van der Waals surface area contributed by atoms with Crippen molar-refractivity contribution in [1.29, 1.82) is 0 Å². The lowest BCUT2D eigenvalue weighted by atomic mass is 10.1. The largest absolute Gasteiger partial charge is 0.477 e. The number of carbonyl (C=O) groups excluding carboxylic acids is 1. The van der Waals surface area contributed by atoms with Crippen LogP contribution in [0.3, 0.4) is 0 Å². The molecule has 0 saturated carbocycles. The van der Waals surface area contributed by atoms with Crippen molar-refractivity contribution in [1.82, 2.24) is 5.32 Å². The van der Waals surface area contributed by atoms with Gasteiger partial charge in [0.15, 0.2) is 0 Å². The summed E-state index contributed by atoms with van der Waals surface area (Å²) in [5, 5.41) is 12.5. The third kappa shape index (κ3) is 6.33. The Hall–Kier alpha value is -2.84. The van der Waals surface area contributed by atoms with E-state index in [9.17, 15) is 14.7 Å². The SMILES string of the molecule is O=C(Cc1ccc(Cl)cc1)N/C(=C/c1ccc(Oc2ccccc2I)cc1)C(=O)O. The molecule has 5 nitrogen and oxygen atoms in total. The van der Waals surface area contributed by atoms with Gasteiger partial charge < -0.3 is 15.2 Å². The van der Waals surface area contributed by atoms with E-state index in [-0.39, 0.29) is 12.1 Å². The minimum absolute atomic E-state index is 0.0459. The first kappa shape index (κ1) is 21.9. The average Bonchev–Trinajstić information content (AvgIpc) is 2.72. The van der Waals surface area contributed by atoms with Crippen LogP contribution in [0.4, 0.5) is 0 Å². The number of benzene rings is 3. The van der Waals surface area contributed by atoms with Crippen LogP contribution in [0.25, 0.3) is 6.08 Å². The van der Waals surface area contributed by atoms with Crippen LogP contribution >= 0.6 is 34.2 Å². The number of halogens is 2. The summed E-state index contributed by atoms with van der Waals surface area (Å²) in [6.45, 7) is 0. The number of hydrogen-bond donors (Lipinski definition) is 2. The van der Waals surface area contributed by atoms with E-state index in [0.29, 0.717) is 16.3 Å². The molecule has 0 spiro atoms. The zero-order valence-electron chi connectivity index (χ0n) is 15.6. The number of para-hydroxylation sites is 1. The Morgan fingerprint density at radius 1 is 1.00 bits per heavy atom. The van der Waals surface area contributed by atoms with Gasteiger partial charge in [-0.2, -0.15) is 0 Å². The van der Waals surface area contributed by atoms with Gasteiger partial charge in [-0.25, -0.2) is 4.79 Å². The zero-order valence-corrected chi connectivity index (χ0v) is 18.6. The van der Waals surface area contributed by atoms with Gasteiger partial charge in [-0.3, -0.25) is 4.79 Å². The number of rotatable bonds is 7.